The van der Waals surface area contributed by atoms with Crippen LogP contribution in [0.4, 0.5) is 0 Å². The molecule has 0 atom stereocenters. The average Bonchev–Trinajstić information content (AvgIpc) is 3.15. The first-order valence-electron chi connectivity index (χ1n) is 7.11. The van der Waals surface area contributed by atoms with Gasteiger partial charge < -0.3 is 5.32 Å². The normalized spacial score (nSPS) is 15.1. The van der Waals surface area contributed by atoms with Crippen molar-refractivity contribution in [2.75, 3.05) is 0 Å². The fourth-order valence-electron chi connectivity index (χ4n) is 2.46. The SMILES string of the molecule is CC(C)c1c(CNC2CC2)cnn1-c1ccccc1. The summed E-state index contributed by atoms with van der Waals surface area (Å²) in [5.74, 6) is 0.471. The first-order valence-corrected chi connectivity index (χ1v) is 7.11. The number of hydrogen-bond donors (Lipinski definition) is 1. The molecule has 100 valence electrons. The topological polar surface area (TPSA) is 29.9 Å². The highest BCUT2D eigenvalue weighted by Gasteiger charge is 2.22. The Kier molecular flexibility index (Phi) is 3.38. The second kappa shape index (κ2) is 5.17. The lowest BCUT2D eigenvalue weighted by Gasteiger charge is -2.13. The van der Waals surface area contributed by atoms with Gasteiger partial charge in [0.05, 0.1) is 17.6 Å². The van der Waals surface area contributed by atoms with E-state index in [1.54, 1.807) is 0 Å². The second-order valence-electron chi connectivity index (χ2n) is 5.61. The van der Waals surface area contributed by atoms with Gasteiger partial charge in [-0.15, -0.1) is 0 Å². The van der Waals surface area contributed by atoms with Crippen LogP contribution in [0.2, 0.25) is 0 Å². The molecule has 3 heteroatoms. The van der Waals surface area contributed by atoms with Gasteiger partial charge in [-0.05, 0) is 30.9 Å². The van der Waals surface area contributed by atoms with Crippen LogP contribution in [-0.4, -0.2) is 15.8 Å². The molecule has 3 nitrogen and oxygen atoms in total. The Morgan fingerprint density at radius 2 is 2.00 bits per heavy atom. The summed E-state index contributed by atoms with van der Waals surface area (Å²) in [6, 6.07) is 11.1. The van der Waals surface area contributed by atoms with Crippen LogP contribution in [0, 0.1) is 0 Å². The zero-order valence-corrected chi connectivity index (χ0v) is 11.6. The number of aromatic nitrogens is 2. The van der Waals surface area contributed by atoms with Crippen molar-refractivity contribution in [3.8, 4) is 5.69 Å². The van der Waals surface area contributed by atoms with Crippen molar-refractivity contribution < 1.29 is 0 Å². The summed E-state index contributed by atoms with van der Waals surface area (Å²) in [5.41, 5.74) is 3.79. The molecule has 0 unspecified atom stereocenters. The van der Waals surface area contributed by atoms with Crippen molar-refractivity contribution in [3.63, 3.8) is 0 Å². The van der Waals surface area contributed by atoms with Gasteiger partial charge >= 0.3 is 0 Å². The minimum atomic E-state index is 0.471. The Labute approximate surface area is 114 Å². The quantitative estimate of drug-likeness (QED) is 0.889. The number of nitrogens with one attached hydrogen (secondary N) is 1. The lowest BCUT2D eigenvalue weighted by atomic mass is 10.1. The molecule has 1 aliphatic carbocycles. The molecule has 0 aliphatic heterocycles. The molecule has 2 aromatic rings. The molecule has 3 rings (SSSR count). The van der Waals surface area contributed by atoms with Gasteiger partial charge in [-0.3, -0.25) is 0 Å². The predicted molar refractivity (Wildman–Crippen MR) is 77.5 cm³/mol. The van der Waals surface area contributed by atoms with E-state index in [2.05, 4.69) is 53.2 Å². The summed E-state index contributed by atoms with van der Waals surface area (Å²) < 4.78 is 2.08. The number of nitrogens with zero attached hydrogens (tertiary/aromatic N) is 2. The van der Waals surface area contributed by atoms with E-state index in [0.29, 0.717) is 5.92 Å². The first kappa shape index (κ1) is 12.4. The van der Waals surface area contributed by atoms with E-state index in [1.807, 2.05) is 12.3 Å². The van der Waals surface area contributed by atoms with E-state index in [4.69, 9.17) is 0 Å². The van der Waals surface area contributed by atoms with E-state index < -0.39 is 0 Å². The van der Waals surface area contributed by atoms with Gasteiger partial charge in [0.2, 0.25) is 0 Å². The largest absolute Gasteiger partial charge is 0.310 e. The Morgan fingerprint density at radius 3 is 2.63 bits per heavy atom. The molecule has 0 spiro atoms. The molecular weight excluding hydrogens is 234 g/mol. The summed E-state index contributed by atoms with van der Waals surface area (Å²) in [5, 5.41) is 8.16. The lowest BCUT2D eigenvalue weighted by Crippen LogP contribution is -2.17. The molecule has 1 heterocycles. The van der Waals surface area contributed by atoms with Crippen molar-refractivity contribution in [2.45, 2.75) is 45.2 Å². The van der Waals surface area contributed by atoms with Gasteiger partial charge in [0.1, 0.15) is 0 Å². The molecule has 1 saturated carbocycles. The van der Waals surface area contributed by atoms with Crippen LogP contribution >= 0.6 is 0 Å². The van der Waals surface area contributed by atoms with Gasteiger partial charge in [0, 0.05) is 18.2 Å². The highest BCUT2D eigenvalue weighted by molar-refractivity contribution is 5.36. The van der Waals surface area contributed by atoms with Crippen LogP contribution < -0.4 is 5.32 Å². The van der Waals surface area contributed by atoms with Crippen molar-refractivity contribution in [3.05, 3.63) is 47.8 Å². The molecule has 1 N–H and O–H groups in total. The van der Waals surface area contributed by atoms with E-state index in [9.17, 15) is 0 Å². The van der Waals surface area contributed by atoms with Gasteiger partial charge in [-0.2, -0.15) is 5.10 Å². The molecule has 0 bridgehead atoms. The number of rotatable bonds is 5. The Hall–Kier alpha value is -1.61. The third-order valence-electron chi connectivity index (χ3n) is 3.59. The monoisotopic (exact) mass is 255 g/mol. The van der Waals surface area contributed by atoms with Gasteiger partial charge in [0.15, 0.2) is 0 Å². The summed E-state index contributed by atoms with van der Waals surface area (Å²) in [6.45, 7) is 5.40. The van der Waals surface area contributed by atoms with Crippen LogP contribution in [0.3, 0.4) is 0 Å². The summed E-state index contributed by atoms with van der Waals surface area (Å²) >= 11 is 0. The fraction of sp³-hybridized carbons (Fsp3) is 0.438. The van der Waals surface area contributed by atoms with E-state index in [-0.39, 0.29) is 0 Å². The smallest absolute Gasteiger partial charge is 0.0649 e. The average molecular weight is 255 g/mol. The summed E-state index contributed by atoms with van der Waals surface area (Å²) in [4.78, 5) is 0. The van der Waals surface area contributed by atoms with Crippen molar-refractivity contribution in [2.24, 2.45) is 0 Å². The zero-order chi connectivity index (χ0) is 13.2. The van der Waals surface area contributed by atoms with Gasteiger partial charge in [0.25, 0.3) is 0 Å². The Balaban J connectivity index is 1.91. The molecule has 1 fully saturated rings. The van der Waals surface area contributed by atoms with Crippen LogP contribution in [0.1, 0.15) is 43.9 Å². The molecule has 1 aromatic carbocycles. The summed E-state index contributed by atoms with van der Waals surface area (Å²) in [7, 11) is 0. The molecule has 19 heavy (non-hydrogen) atoms. The lowest BCUT2D eigenvalue weighted by molar-refractivity contribution is 0.666. The molecule has 0 radical (unpaired) electrons. The third kappa shape index (κ3) is 2.71. The molecule has 0 amide bonds. The molecule has 0 saturated heterocycles. The van der Waals surface area contributed by atoms with Crippen LogP contribution in [0.15, 0.2) is 36.5 Å². The van der Waals surface area contributed by atoms with Gasteiger partial charge in [-0.25, -0.2) is 4.68 Å². The van der Waals surface area contributed by atoms with Crippen molar-refractivity contribution in [1.82, 2.24) is 15.1 Å². The van der Waals surface area contributed by atoms with Crippen molar-refractivity contribution >= 4 is 0 Å². The first-order chi connectivity index (χ1) is 9.25. The minimum Gasteiger partial charge on any atom is -0.310 e. The van der Waals surface area contributed by atoms with E-state index in [1.165, 1.54) is 24.1 Å². The number of hydrogen-bond acceptors (Lipinski definition) is 2. The Bertz CT molecular complexity index is 538. The minimum absolute atomic E-state index is 0.471. The maximum Gasteiger partial charge on any atom is 0.0649 e. The molecular formula is C16H21N3. The van der Waals surface area contributed by atoms with Crippen LogP contribution in [0.25, 0.3) is 5.69 Å². The van der Waals surface area contributed by atoms with Crippen molar-refractivity contribution in [1.29, 1.82) is 0 Å². The maximum atomic E-state index is 4.58. The highest BCUT2D eigenvalue weighted by Crippen LogP contribution is 2.24. The number of benzene rings is 1. The van der Waals surface area contributed by atoms with Crippen LogP contribution in [0.5, 0.6) is 0 Å². The fourth-order valence-corrected chi connectivity index (χ4v) is 2.46. The standard InChI is InChI=1S/C16H21N3/c1-12(2)16-13(10-17-14-8-9-14)11-18-19(16)15-6-4-3-5-7-15/h3-7,11-12,14,17H,8-10H2,1-2H3. The predicted octanol–water partition coefficient (Wildman–Crippen LogP) is 3.25. The van der Waals surface area contributed by atoms with E-state index >= 15 is 0 Å². The molecule has 1 aromatic heterocycles. The maximum absolute atomic E-state index is 4.58. The zero-order valence-electron chi connectivity index (χ0n) is 11.6. The third-order valence-corrected chi connectivity index (χ3v) is 3.59. The number of para-hydroxylation sites is 1. The second-order valence-corrected chi connectivity index (χ2v) is 5.61. The Morgan fingerprint density at radius 1 is 1.26 bits per heavy atom. The summed E-state index contributed by atoms with van der Waals surface area (Å²) in [6.07, 6.45) is 4.66. The van der Waals surface area contributed by atoms with E-state index in [0.717, 1.165) is 18.3 Å². The highest BCUT2D eigenvalue weighted by atomic mass is 15.3. The van der Waals surface area contributed by atoms with Gasteiger partial charge in [-0.1, -0.05) is 32.0 Å². The molecule has 1 aliphatic rings. The van der Waals surface area contributed by atoms with Crippen LogP contribution in [-0.2, 0) is 6.54 Å².